The smallest absolute Gasteiger partial charge is 0.247 e. The maximum atomic E-state index is 5.32. The molecule has 0 amide bonds. The Labute approximate surface area is 74.6 Å². The van der Waals surface area contributed by atoms with Crippen LogP contribution in [-0.2, 0) is 9.47 Å². The summed E-state index contributed by atoms with van der Waals surface area (Å²) in [6.07, 6.45) is 9.28. The van der Waals surface area contributed by atoms with E-state index in [0.717, 1.165) is 6.42 Å². The maximum Gasteiger partial charge on any atom is 0.247 e. The first-order chi connectivity index (χ1) is 5.77. The van der Waals surface area contributed by atoms with Crippen molar-refractivity contribution in [3.8, 4) is 0 Å². The van der Waals surface area contributed by atoms with Gasteiger partial charge in [0.05, 0.1) is 0 Å². The van der Waals surface area contributed by atoms with Crippen LogP contribution in [0.15, 0.2) is 12.5 Å². The van der Waals surface area contributed by atoms with Crippen LogP contribution in [-0.4, -0.2) is 5.79 Å². The summed E-state index contributed by atoms with van der Waals surface area (Å²) < 4.78 is 10.6. The van der Waals surface area contributed by atoms with Crippen LogP contribution in [0.4, 0.5) is 0 Å². The second-order valence-electron chi connectivity index (χ2n) is 3.45. The van der Waals surface area contributed by atoms with Gasteiger partial charge in [-0.2, -0.15) is 0 Å². The molecule has 0 aromatic rings. The van der Waals surface area contributed by atoms with Crippen LogP contribution in [0.25, 0.3) is 0 Å². The molecule has 0 bridgehead atoms. The first-order valence-corrected chi connectivity index (χ1v) is 4.77. The molecule has 1 aliphatic heterocycles. The lowest BCUT2D eigenvalue weighted by molar-refractivity contribution is -0.131. The first-order valence-electron chi connectivity index (χ1n) is 4.77. The average molecular weight is 170 g/mol. The summed E-state index contributed by atoms with van der Waals surface area (Å²) in [5.74, 6) is -0.367. The highest BCUT2D eigenvalue weighted by Gasteiger charge is 2.28. The van der Waals surface area contributed by atoms with Gasteiger partial charge in [-0.05, 0) is 6.42 Å². The van der Waals surface area contributed by atoms with E-state index >= 15 is 0 Å². The molecule has 0 N–H and O–H groups in total. The standard InChI is InChI=1S/C10H18O2/c1-3-4-5-6-7-10(2)11-8-9-12-10/h8-9H,3-7H2,1-2H3. The number of unbranched alkanes of at least 4 members (excludes halogenated alkanes) is 3. The summed E-state index contributed by atoms with van der Waals surface area (Å²) in [5, 5.41) is 0. The van der Waals surface area contributed by atoms with Gasteiger partial charge in [-0.3, -0.25) is 0 Å². The molecule has 0 aromatic heterocycles. The second-order valence-corrected chi connectivity index (χ2v) is 3.45. The lowest BCUT2D eigenvalue weighted by atomic mass is 10.1. The largest absolute Gasteiger partial charge is 0.457 e. The van der Waals surface area contributed by atoms with Crippen LogP contribution in [0.2, 0.25) is 0 Å². The third-order valence-corrected chi connectivity index (χ3v) is 2.17. The third kappa shape index (κ3) is 2.76. The molecular weight excluding hydrogens is 152 g/mol. The van der Waals surface area contributed by atoms with Crippen molar-refractivity contribution in [2.24, 2.45) is 0 Å². The molecule has 0 fully saturated rings. The molecule has 0 atom stereocenters. The highest BCUT2D eigenvalue weighted by atomic mass is 16.7. The normalized spacial score (nSPS) is 18.8. The minimum absolute atomic E-state index is 0.367. The summed E-state index contributed by atoms with van der Waals surface area (Å²) in [4.78, 5) is 0. The quantitative estimate of drug-likeness (QED) is 0.590. The zero-order chi connectivity index (χ0) is 8.86. The van der Waals surface area contributed by atoms with Crippen LogP contribution >= 0.6 is 0 Å². The Morgan fingerprint density at radius 2 is 1.75 bits per heavy atom. The van der Waals surface area contributed by atoms with Crippen molar-refractivity contribution < 1.29 is 9.47 Å². The number of ether oxygens (including phenoxy) is 2. The van der Waals surface area contributed by atoms with Gasteiger partial charge in [0.2, 0.25) is 5.79 Å². The van der Waals surface area contributed by atoms with Gasteiger partial charge in [-0.15, -0.1) is 0 Å². The fourth-order valence-electron chi connectivity index (χ4n) is 1.36. The maximum absolute atomic E-state index is 5.32. The van der Waals surface area contributed by atoms with Gasteiger partial charge in [-0.1, -0.05) is 26.2 Å². The van der Waals surface area contributed by atoms with Gasteiger partial charge in [0.1, 0.15) is 12.5 Å². The monoisotopic (exact) mass is 170 g/mol. The van der Waals surface area contributed by atoms with E-state index < -0.39 is 0 Å². The Hall–Kier alpha value is -0.660. The van der Waals surface area contributed by atoms with E-state index in [0.29, 0.717) is 0 Å². The SMILES string of the molecule is CCCCCCC1(C)OC=CO1. The van der Waals surface area contributed by atoms with E-state index in [4.69, 9.17) is 9.47 Å². The van der Waals surface area contributed by atoms with Crippen LogP contribution < -0.4 is 0 Å². The highest BCUT2D eigenvalue weighted by molar-refractivity contribution is 4.79. The van der Waals surface area contributed by atoms with Crippen LogP contribution in [0.5, 0.6) is 0 Å². The second kappa shape index (κ2) is 4.39. The van der Waals surface area contributed by atoms with E-state index in [2.05, 4.69) is 6.92 Å². The van der Waals surface area contributed by atoms with Crippen LogP contribution in [0.3, 0.4) is 0 Å². The molecule has 70 valence electrons. The minimum Gasteiger partial charge on any atom is -0.457 e. The molecule has 1 heterocycles. The Morgan fingerprint density at radius 3 is 2.33 bits per heavy atom. The molecule has 0 unspecified atom stereocenters. The molecule has 0 spiro atoms. The number of hydrogen-bond acceptors (Lipinski definition) is 2. The van der Waals surface area contributed by atoms with Gasteiger partial charge in [-0.25, -0.2) is 0 Å². The third-order valence-electron chi connectivity index (χ3n) is 2.17. The molecule has 0 saturated heterocycles. The fourth-order valence-corrected chi connectivity index (χ4v) is 1.36. The zero-order valence-electron chi connectivity index (χ0n) is 8.01. The summed E-state index contributed by atoms with van der Waals surface area (Å²) >= 11 is 0. The Kier molecular flexibility index (Phi) is 3.45. The molecule has 12 heavy (non-hydrogen) atoms. The highest BCUT2D eigenvalue weighted by Crippen LogP contribution is 2.25. The number of rotatable bonds is 5. The van der Waals surface area contributed by atoms with E-state index in [9.17, 15) is 0 Å². The van der Waals surface area contributed by atoms with Crippen molar-refractivity contribution in [1.29, 1.82) is 0 Å². The lowest BCUT2D eigenvalue weighted by Gasteiger charge is -2.22. The molecular formula is C10H18O2. The summed E-state index contributed by atoms with van der Waals surface area (Å²) in [5.41, 5.74) is 0. The van der Waals surface area contributed by atoms with Crippen molar-refractivity contribution in [3.63, 3.8) is 0 Å². The lowest BCUT2D eigenvalue weighted by Crippen LogP contribution is -2.24. The van der Waals surface area contributed by atoms with E-state index in [1.54, 1.807) is 12.5 Å². The van der Waals surface area contributed by atoms with Gasteiger partial charge >= 0.3 is 0 Å². The van der Waals surface area contributed by atoms with E-state index in [1.807, 2.05) is 6.92 Å². The predicted octanol–water partition coefficient (Wildman–Crippen LogP) is 3.19. The van der Waals surface area contributed by atoms with Gasteiger partial charge in [0.15, 0.2) is 0 Å². The minimum atomic E-state index is -0.367. The number of hydrogen-bond donors (Lipinski definition) is 0. The summed E-state index contributed by atoms with van der Waals surface area (Å²) in [6.45, 7) is 4.20. The van der Waals surface area contributed by atoms with Gasteiger partial charge in [0, 0.05) is 13.3 Å². The van der Waals surface area contributed by atoms with E-state index in [1.165, 1.54) is 25.7 Å². The molecule has 0 aromatic carbocycles. The van der Waals surface area contributed by atoms with Gasteiger partial charge < -0.3 is 9.47 Å². The molecule has 0 aliphatic carbocycles. The van der Waals surface area contributed by atoms with Crippen molar-refractivity contribution >= 4 is 0 Å². The fraction of sp³-hybridized carbons (Fsp3) is 0.800. The van der Waals surface area contributed by atoms with Crippen molar-refractivity contribution in [2.45, 2.75) is 51.7 Å². The average Bonchev–Trinajstić information content (AvgIpc) is 2.47. The van der Waals surface area contributed by atoms with Crippen molar-refractivity contribution in [3.05, 3.63) is 12.5 Å². The molecule has 1 rings (SSSR count). The topological polar surface area (TPSA) is 18.5 Å². The van der Waals surface area contributed by atoms with Crippen LogP contribution in [0, 0.1) is 0 Å². The Bertz CT molecular complexity index is 144. The Balaban J connectivity index is 2.06. The molecule has 1 aliphatic rings. The zero-order valence-corrected chi connectivity index (χ0v) is 8.01. The predicted molar refractivity (Wildman–Crippen MR) is 48.5 cm³/mol. The Morgan fingerprint density at radius 1 is 1.08 bits per heavy atom. The molecule has 2 heteroatoms. The summed E-state index contributed by atoms with van der Waals surface area (Å²) in [7, 11) is 0. The first kappa shape index (κ1) is 9.43. The van der Waals surface area contributed by atoms with Crippen LogP contribution in [0.1, 0.15) is 46.0 Å². The van der Waals surface area contributed by atoms with E-state index in [-0.39, 0.29) is 5.79 Å². The summed E-state index contributed by atoms with van der Waals surface area (Å²) in [6, 6.07) is 0. The van der Waals surface area contributed by atoms with Gasteiger partial charge in [0.25, 0.3) is 0 Å². The van der Waals surface area contributed by atoms with Crippen molar-refractivity contribution in [2.75, 3.05) is 0 Å². The molecule has 0 radical (unpaired) electrons. The molecule has 0 saturated carbocycles. The molecule has 2 nitrogen and oxygen atoms in total. The van der Waals surface area contributed by atoms with Crippen molar-refractivity contribution in [1.82, 2.24) is 0 Å².